The zero-order valence-electron chi connectivity index (χ0n) is 6.74. The van der Waals surface area contributed by atoms with Crippen LogP contribution in [0.3, 0.4) is 0 Å². The number of hydrogen-bond donors (Lipinski definition) is 3. The molecule has 14 heavy (non-hydrogen) atoms. The van der Waals surface area contributed by atoms with E-state index in [-0.39, 0.29) is 21.4 Å². The summed E-state index contributed by atoms with van der Waals surface area (Å²) in [5, 5.41) is 26.7. The number of phenols is 1. The minimum Gasteiger partial charge on any atom is -0.508 e. The Labute approximate surface area is 89.3 Å². The van der Waals surface area contributed by atoms with E-state index in [4.69, 9.17) is 33.4 Å². The van der Waals surface area contributed by atoms with Gasteiger partial charge in [0.05, 0.1) is 10.0 Å². The standard InChI is InChI=1S/C8H6Cl2O4/c9-5-2-3(11)1-4(6(5)10)7(12)8(13)14/h1-2,7,11-12H,(H,13,14). The van der Waals surface area contributed by atoms with E-state index in [1.807, 2.05) is 0 Å². The van der Waals surface area contributed by atoms with Gasteiger partial charge < -0.3 is 15.3 Å². The number of aromatic hydroxyl groups is 1. The lowest BCUT2D eigenvalue weighted by molar-refractivity contribution is -0.146. The van der Waals surface area contributed by atoms with Crippen LogP contribution in [0.1, 0.15) is 11.7 Å². The minimum absolute atomic E-state index is 0.0121. The first kappa shape index (κ1) is 11.1. The summed E-state index contributed by atoms with van der Waals surface area (Å²) in [5.41, 5.74) is -0.135. The molecule has 0 heterocycles. The topological polar surface area (TPSA) is 77.8 Å². The van der Waals surface area contributed by atoms with Gasteiger partial charge in [0, 0.05) is 11.6 Å². The number of carbonyl (C=O) groups is 1. The maximum atomic E-state index is 10.4. The van der Waals surface area contributed by atoms with Gasteiger partial charge in [-0.2, -0.15) is 0 Å². The van der Waals surface area contributed by atoms with Crippen molar-refractivity contribution in [2.45, 2.75) is 6.10 Å². The fourth-order valence-electron chi connectivity index (χ4n) is 0.927. The van der Waals surface area contributed by atoms with Gasteiger partial charge in [-0.25, -0.2) is 4.79 Å². The van der Waals surface area contributed by atoms with Gasteiger partial charge in [0.15, 0.2) is 6.10 Å². The van der Waals surface area contributed by atoms with Crippen LogP contribution in [0.25, 0.3) is 0 Å². The van der Waals surface area contributed by atoms with Gasteiger partial charge in [-0.3, -0.25) is 0 Å². The van der Waals surface area contributed by atoms with Crippen molar-refractivity contribution in [3.8, 4) is 5.75 Å². The Balaban J connectivity index is 3.26. The first-order valence-corrected chi connectivity index (χ1v) is 4.28. The Bertz CT molecular complexity index is 378. The fourth-order valence-corrected chi connectivity index (χ4v) is 1.36. The number of hydrogen-bond acceptors (Lipinski definition) is 3. The molecule has 6 heteroatoms. The van der Waals surface area contributed by atoms with Crippen molar-refractivity contribution in [3.05, 3.63) is 27.7 Å². The van der Waals surface area contributed by atoms with E-state index in [0.717, 1.165) is 12.1 Å². The summed E-state index contributed by atoms with van der Waals surface area (Å²) in [7, 11) is 0. The van der Waals surface area contributed by atoms with Crippen LogP contribution >= 0.6 is 23.2 Å². The lowest BCUT2D eigenvalue weighted by Crippen LogP contribution is -2.10. The normalized spacial score (nSPS) is 12.5. The molecule has 1 atom stereocenters. The molecule has 1 rings (SSSR count). The third kappa shape index (κ3) is 2.09. The van der Waals surface area contributed by atoms with Crippen LogP contribution in [-0.4, -0.2) is 21.3 Å². The van der Waals surface area contributed by atoms with Crippen molar-refractivity contribution in [2.24, 2.45) is 0 Å². The number of aliphatic hydroxyl groups is 1. The minimum atomic E-state index is -1.80. The summed E-state index contributed by atoms with van der Waals surface area (Å²) >= 11 is 11.2. The molecule has 0 spiro atoms. The summed E-state index contributed by atoms with van der Waals surface area (Å²) in [6.45, 7) is 0. The van der Waals surface area contributed by atoms with Crippen LogP contribution in [0.5, 0.6) is 5.75 Å². The highest BCUT2D eigenvalue weighted by atomic mass is 35.5. The summed E-state index contributed by atoms with van der Waals surface area (Å²) in [5.74, 6) is -1.72. The maximum absolute atomic E-state index is 10.4. The van der Waals surface area contributed by atoms with E-state index >= 15 is 0 Å². The highest BCUT2D eigenvalue weighted by molar-refractivity contribution is 6.42. The second-order valence-electron chi connectivity index (χ2n) is 2.57. The zero-order valence-corrected chi connectivity index (χ0v) is 8.25. The molecule has 1 aromatic carbocycles. The predicted molar refractivity (Wildman–Crippen MR) is 50.7 cm³/mol. The van der Waals surface area contributed by atoms with Crippen LogP contribution in [0, 0.1) is 0 Å². The van der Waals surface area contributed by atoms with E-state index in [9.17, 15) is 9.90 Å². The number of carboxylic acid groups (broad SMARTS) is 1. The van der Waals surface area contributed by atoms with E-state index < -0.39 is 12.1 Å². The number of carboxylic acids is 1. The van der Waals surface area contributed by atoms with E-state index in [1.54, 1.807) is 0 Å². The zero-order chi connectivity index (χ0) is 10.9. The van der Waals surface area contributed by atoms with Crippen molar-refractivity contribution >= 4 is 29.2 Å². The molecule has 0 radical (unpaired) electrons. The van der Waals surface area contributed by atoms with E-state index in [0.29, 0.717) is 0 Å². The highest BCUT2D eigenvalue weighted by Gasteiger charge is 2.21. The molecule has 0 aromatic heterocycles. The van der Waals surface area contributed by atoms with Crippen LogP contribution < -0.4 is 0 Å². The SMILES string of the molecule is O=C(O)C(O)c1cc(O)cc(Cl)c1Cl. The number of phenolic OH excluding ortho intramolecular Hbond substituents is 1. The van der Waals surface area contributed by atoms with E-state index in [1.165, 1.54) is 0 Å². The first-order valence-electron chi connectivity index (χ1n) is 3.52. The predicted octanol–water partition coefficient (Wildman–Crippen LogP) is 1.82. The molecule has 0 saturated carbocycles. The Morgan fingerprint density at radius 1 is 1.36 bits per heavy atom. The van der Waals surface area contributed by atoms with Crippen molar-refractivity contribution in [1.82, 2.24) is 0 Å². The fraction of sp³-hybridized carbons (Fsp3) is 0.125. The van der Waals surface area contributed by atoms with Crippen LogP contribution in [0.15, 0.2) is 12.1 Å². The summed E-state index contributed by atoms with van der Waals surface area (Å²) in [6, 6.07) is 2.20. The third-order valence-electron chi connectivity index (χ3n) is 1.57. The lowest BCUT2D eigenvalue weighted by Gasteiger charge is -2.09. The monoisotopic (exact) mass is 236 g/mol. The average molecular weight is 237 g/mol. The number of halogens is 2. The van der Waals surface area contributed by atoms with Crippen LogP contribution in [-0.2, 0) is 4.79 Å². The van der Waals surface area contributed by atoms with Gasteiger partial charge in [-0.15, -0.1) is 0 Å². The van der Waals surface area contributed by atoms with Gasteiger partial charge in [-0.1, -0.05) is 23.2 Å². The van der Waals surface area contributed by atoms with Gasteiger partial charge in [0.25, 0.3) is 0 Å². The average Bonchev–Trinajstić information content (AvgIpc) is 2.09. The smallest absolute Gasteiger partial charge is 0.337 e. The lowest BCUT2D eigenvalue weighted by atomic mass is 10.1. The molecule has 1 aromatic rings. The second kappa shape index (κ2) is 4.04. The largest absolute Gasteiger partial charge is 0.508 e. The summed E-state index contributed by atoms with van der Waals surface area (Å²) in [6.07, 6.45) is -1.80. The first-order chi connectivity index (χ1) is 6.43. The van der Waals surface area contributed by atoms with Crippen LogP contribution in [0.4, 0.5) is 0 Å². The summed E-state index contributed by atoms with van der Waals surface area (Å²) in [4.78, 5) is 10.4. The van der Waals surface area contributed by atoms with E-state index in [2.05, 4.69) is 0 Å². The quantitative estimate of drug-likeness (QED) is 0.732. The molecule has 76 valence electrons. The number of benzene rings is 1. The van der Waals surface area contributed by atoms with Gasteiger partial charge in [0.1, 0.15) is 5.75 Å². The third-order valence-corrected chi connectivity index (χ3v) is 2.39. The van der Waals surface area contributed by atoms with Crippen molar-refractivity contribution in [1.29, 1.82) is 0 Å². The number of aliphatic carboxylic acids is 1. The molecule has 0 fully saturated rings. The highest BCUT2D eigenvalue weighted by Crippen LogP contribution is 2.33. The Morgan fingerprint density at radius 3 is 2.43 bits per heavy atom. The molecule has 0 aliphatic rings. The Kier molecular flexibility index (Phi) is 3.21. The molecule has 0 aliphatic heterocycles. The molecular formula is C8H6Cl2O4. The maximum Gasteiger partial charge on any atom is 0.337 e. The van der Waals surface area contributed by atoms with Gasteiger partial charge in [0.2, 0.25) is 0 Å². The molecule has 4 nitrogen and oxygen atoms in total. The molecule has 0 saturated heterocycles. The van der Waals surface area contributed by atoms with Gasteiger partial charge in [-0.05, 0) is 6.07 Å². The molecule has 1 unspecified atom stereocenters. The molecular weight excluding hydrogens is 231 g/mol. The van der Waals surface area contributed by atoms with Gasteiger partial charge >= 0.3 is 5.97 Å². The van der Waals surface area contributed by atoms with Crippen molar-refractivity contribution < 1.29 is 20.1 Å². The molecule has 0 aliphatic carbocycles. The number of rotatable bonds is 2. The van der Waals surface area contributed by atoms with Crippen molar-refractivity contribution in [2.75, 3.05) is 0 Å². The molecule has 3 N–H and O–H groups in total. The molecule has 0 bridgehead atoms. The van der Waals surface area contributed by atoms with Crippen LogP contribution in [0.2, 0.25) is 10.0 Å². The Hall–Kier alpha value is -0.970. The Morgan fingerprint density at radius 2 is 1.93 bits per heavy atom. The summed E-state index contributed by atoms with van der Waals surface area (Å²) < 4.78 is 0. The molecule has 0 amide bonds. The van der Waals surface area contributed by atoms with Crippen molar-refractivity contribution in [3.63, 3.8) is 0 Å². The number of aliphatic hydroxyl groups excluding tert-OH is 1. The second-order valence-corrected chi connectivity index (χ2v) is 3.36.